The minimum absolute atomic E-state index is 0.177. The number of nitrogens with zero attached hydrogens (tertiary/aromatic N) is 1. The van der Waals surface area contributed by atoms with Crippen molar-refractivity contribution in [1.82, 2.24) is 4.98 Å². The van der Waals surface area contributed by atoms with Crippen molar-refractivity contribution in [3.63, 3.8) is 0 Å². The lowest BCUT2D eigenvalue weighted by atomic mass is 10.1. The van der Waals surface area contributed by atoms with Crippen LogP contribution in [-0.4, -0.2) is 17.6 Å². The fourth-order valence-electron chi connectivity index (χ4n) is 1.85. The molecule has 0 amide bonds. The van der Waals surface area contributed by atoms with E-state index in [4.69, 9.17) is 10.5 Å². The van der Waals surface area contributed by atoms with Crippen LogP contribution in [0, 0.1) is 0 Å². The zero-order valence-corrected chi connectivity index (χ0v) is 10.1. The molecule has 0 unspecified atom stereocenters. The second-order valence-corrected chi connectivity index (χ2v) is 4.39. The molecule has 0 bridgehead atoms. The van der Waals surface area contributed by atoms with Crippen LogP contribution >= 0.6 is 0 Å². The van der Waals surface area contributed by atoms with Crippen LogP contribution in [0.25, 0.3) is 0 Å². The molecule has 0 radical (unpaired) electrons. The highest BCUT2D eigenvalue weighted by atomic mass is 16.5. The number of ether oxygens (including phenoxy) is 1. The summed E-state index contributed by atoms with van der Waals surface area (Å²) in [6.45, 7) is 2.23. The number of pyridine rings is 1. The van der Waals surface area contributed by atoms with Gasteiger partial charge in [0.1, 0.15) is 5.82 Å². The third-order valence-corrected chi connectivity index (χ3v) is 2.98. The highest BCUT2D eigenvalue weighted by molar-refractivity contribution is 5.70. The number of anilines is 1. The largest absolute Gasteiger partial charge is 0.466 e. The Hall–Kier alpha value is -1.58. The number of esters is 1. The van der Waals surface area contributed by atoms with Gasteiger partial charge in [-0.05, 0) is 43.2 Å². The van der Waals surface area contributed by atoms with Gasteiger partial charge in [-0.1, -0.05) is 6.07 Å². The van der Waals surface area contributed by atoms with Gasteiger partial charge < -0.3 is 10.5 Å². The molecule has 1 saturated carbocycles. The van der Waals surface area contributed by atoms with E-state index in [0.717, 1.165) is 5.56 Å². The van der Waals surface area contributed by atoms with Crippen LogP contribution in [0.2, 0.25) is 0 Å². The van der Waals surface area contributed by atoms with E-state index < -0.39 is 0 Å². The molecule has 0 aromatic carbocycles. The fourth-order valence-corrected chi connectivity index (χ4v) is 1.85. The number of hydrogen-bond donors (Lipinski definition) is 1. The lowest BCUT2D eigenvalue weighted by Gasteiger charge is -2.07. The van der Waals surface area contributed by atoms with Crippen molar-refractivity contribution in [2.24, 2.45) is 0 Å². The van der Waals surface area contributed by atoms with Crippen molar-refractivity contribution in [2.45, 2.75) is 38.5 Å². The second kappa shape index (κ2) is 5.17. The van der Waals surface area contributed by atoms with Crippen LogP contribution in [0.5, 0.6) is 0 Å². The van der Waals surface area contributed by atoms with Crippen LogP contribution in [0.15, 0.2) is 12.3 Å². The second-order valence-electron chi connectivity index (χ2n) is 4.39. The van der Waals surface area contributed by atoms with Crippen LogP contribution in [0.1, 0.15) is 43.2 Å². The molecule has 1 aliphatic carbocycles. The molecule has 1 heterocycles. The van der Waals surface area contributed by atoms with Gasteiger partial charge in [-0.3, -0.25) is 4.79 Å². The van der Waals surface area contributed by atoms with Gasteiger partial charge in [0.15, 0.2) is 0 Å². The molecular weight excluding hydrogens is 216 g/mol. The van der Waals surface area contributed by atoms with Crippen LogP contribution in [-0.2, 0) is 16.0 Å². The van der Waals surface area contributed by atoms with Gasteiger partial charge in [0, 0.05) is 12.6 Å². The number of aromatic nitrogens is 1. The molecule has 2 rings (SSSR count). The minimum atomic E-state index is -0.177. The Labute approximate surface area is 101 Å². The summed E-state index contributed by atoms with van der Waals surface area (Å²) in [5.41, 5.74) is 8.02. The number of rotatable bonds is 5. The van der Waals surface area contributed by atoms with E-state index in [9.17, 15) is 4.79 Å². The highest BCUT2D eigenvalue weighted by Crippen LogP contribution is 2.40. The van der Waals surface area contributed by atoms with Crippen LogP contribution in [0.3, 0.4) is 0 Å². The predicted molar refractivity (Wildman–Crippen MR) is 65.6 cm³/mol. The van der Waals surface area contributed by atoms with Crippen molar-refractivity contribution < 1.29 is 9.53 Å². The average molecular weight is 234 g/mol. The van der Waals surface area contributed by atoms with Crippen molar-refractivity contribution in [1.29, 1.82) is 0 Å². The van der Waals surface area contributed by atoms with E-state index in [1.54, 1.807) is 0 Å². The minimum Gasteiger partial charge on any atom is -0.466 e. The SMILES string of the molecule is CCOC(=O)CCc1cc(C2CC2)cnc1N. The van der Waals surface area contributed by atoms with E-state index in [0.29, 0.717) is 31.2 Å². The molecule has 0 atom stereocenters. The Morgan fingerprint density at radius 3 is 3.00 bits per heavy atom. The number of carbonyl (C=O) groups is 1. The Kier molecular flexibility index (Phi) is 3.61. The number of nitrogen functional groups attached to an aromatic ring is 1. The Bertz CT molecular complexity index is 414. The Morgan fingerprint density at radius 1 is 1.59 bits per heavy atom. The summed E-state index contributed by atoms with van der Waals surface area (Å²) >= 11 is 0. The first-order valence-electron chi connectivity index (χ1n) is 6.10. The van der Waals surface area contributed by atoms with Crippen molar-refractivity contribution in [2.75, 3.05) is 12.3 Å². The van der Waals surface area contributed by atoms with Gasteiger partial charge in [-0.25, -0.2) is 4.98 Å². The summed E-state index contributed by atoms with van der Waals surface area (Å²) in [5.74, 6) is 1.01. The molecule has 4 nitrogen and oxygen atoms in total. The Balaban J connectivity index is 1.98. The first kappa shape index (κ1) is 11.9. The smallest absolute Gasteiger partial charge is 0.306 e. The van der Waals surface area contributed by atoms with E-state index in [1.807, 2.05) is 13.1 Å². The molecule has 1 aromatic rings. The van der Waals surface area contributed by atoms with E-state index >= 15 is 0 Å². The van der Waals surface area contributed by atoms with Crippen LogP contribution < -0.4 is 5.73 Å². The average Bonchev–Trinajstić information content (AvgIpc) is 3.12. The summed E-state index contributed by atoms with van der Waals surface area (Å²) in [6, 6.07) is 2.08. The van der Waals surface area contributed by atoms with E-state index in [2.05, 4.69) is 11.1 Å². The summed E-state index contributed by atoms with van der Waals surface area (Å²) in [5, 5.41) is 0. The number of hydrogen-bond acceptors (Lipinski definition) is 4. The van der Waals surface area contributed by atoms with Gasteiger partial charge in [0.05, 0.1) is 6.61 Å². The van der Waals surface area contributed by atoms with Gasteiger partial charge in [0.25, 0.3) is 0 Å². The number of carbonyl (C=O) groups excluding carboxylic acids is 1. The molecule has 0 spiro atoms. The molecule has 92 valence electrons. The molecule has 1 fully saturated rings. The van der Waals surface area contributed by atoms with Gasteiger partial charge in [-0.2, -0.15) is 0 Å². The number of aryl methyl sites for hydroxylation is 1. The molecular formula is C13H18N2O2. The third-order valence-electron chi connectivity index (χ3n) is 2.98. The van der Waals surface area contributed by atoms with Crippen molar-refractivity contribution in [3.8, 4) is 0 Å². The monoisotopic (exact) mass is 234 g/mol. The van der Waals surface area contributed by atoms with Crippen LogP contribution in [0.4, 0.5) is 5.82 Å². The normalized spacial score (nSPS) is 14.6. The molecule has 1 aromatic heterocycles. The predicted octanol–water partition coefficient (Wildman–Crippen LogP) is 2.04. The highest BCUT2D eigenvalue weighted by Gasteiger charge is 2.24. The third kappa shape index (κ3) is 3.19. The lowest BCUT2D eigenvalue weighted by molar-refractivity contribution is -0.143. The fraction of sp³-hybridized carbons (Fsp3) is 0.538. The van der Waals surface area contributed by atoms with Crippen molar-refractivity contribution >= 4 is 11.8 Å². The van der Waals surface area contributed by atoms with Gasteiger partial charge in [0.2, 0.25) is 0 Å². The molecule has 17 heavy (non-hydrogen) atoms. The molecule has 1 aliphatic rings. The Morgan fingerprint density at radius 2 is 2.35 bits per heavy atom. The quantitative estimate of drug-likeness (QED) is 0.792. The summed E-state index contributed by atoms with van der Waals surface area (Å²) < 4.78 is 4.89. The first-order valence-corrected chi connectivity index (χ1v) is 6.10. The van der Waals surface area contributed by atoms with Crippen molar-refractivity contribution in [3.05, 3.63) is 23.4 Å². The zero-order chi connectivity index (χ0) is 12.3. The van der Waals surface area contributed by atoms with Gasteiger partial charge >= 0.3 is 5.97 Å². The molecule has 4 heteroatoms. The topological polar surface area (TPSA) is 65.2 Å². The number of nitrogens with two attached hydrogens (primary N) is 1. The molecule has 0 saturated heterocycles. The standard InChI is InChI=1S/C13H18N2O2/c1-2-17-12(16)6-5-10-7-11(9-3-4-9)8-15-13(10)14/h7-9H,2-6H2,1H3,(H2,14,15). The lowest BCUT2D eigenvalue weighted by Crippen LogP contribution is -2.07. The summed E-state index contributed by atoms with van der Waals surface area (Å²) in [6.07, 6.45) is 5.30. The zero-order valence-electron chi connectivity index (χ0n) is 10.1. The molecule has 0 aliphatic heterocycles. The maximum absolute atomic E-state index is 11.3. The molecule has 2 N–H and O–H groups in total. The maximum Gasteiger partial charge on any atom is 0.306 e. The maximum atomic E-state index is 11.3. The first-order chi connectivity index (χ1) is 8.20. The van der Waals surface area contributed by atoms with E-state index in [-0.39, 0.29) is 5.97 Å². The summed E-state index contributed by atoms with van der Waals surface area (Å²) in [4.78, 5) is 15.5. The summed E-state index contributed by atoms with van der Waals surface area (Å²) in [7, 11) is 0. The van der Waals surface area contributed by atoms with Gasteiger partial charge in [-0.15, -0.1) is 0 Å². The van der Waals surface area contributed by atoms with E-state index in [1.165, 1.54) is 18.4 Å².